The van der Waals surface area contributed by atoms with Gasteiger partial charge in [0.15, 0.2) is 0 Å². The summed E-state index contributed by atoms with van der Waals surface area (Å²) in [6.07, 6.45) is 2.18. The molecule has 1 aromatic carbocycles. The Kier molecular flexibility index (Phi) is 4.81. The SMILES string of the molecule is CCC(C(C)Cc1cccc(O)c1)N(C)C. The van der Waals surface area contributed by atoms with E-state index in [2.05, 4.69) is 38.9 Å². The molecule has 0 aliphatic rings. The Morgan fingerprint density at radius 1 is 1.31 bits per heavy atom. The van der Waals surface area contributed by atoms with Crippen molar-refractivity contribution in [3.05, 3.63) is 29.8 Å². The van der Waals surface area contributed by atoms with Crippen molar-refractivity contribution in [2.75, 3.05) is 14.1 Å². The Bertz CT molecular complexity index is 322. The van der Waals surface area contributed by atoms with E-state index in [1.165, 1.54) is 5.56 Å². The molecule has 0 aliphatic carbocycles. The molecular weight excluding hydrogens is 198 g/mol. The van der Waals surface area contributed by atoms with E-state index in [9.17, 15) is 5.11 Å². The second kappa shape index (κ2) is 5.90. The molecule has 0 bridgehead atoms. The molecule has 0 spiro atoms. The molecule has 0 aromatic heterocycles. The van der Waals surface area contributed by atoms with Crippen LogP contribution in [0.4, 0.5) is 0 Å². The number of rotatable bonds is 5. The molecule has 0 saturated heterocycles. The Morgan fingerprint density at radius 3 is 2.50 bits per heavy atom. The molecule has 0 aliphatic heterocycles. The van der Waals surface area contributed by atoms with E-state index in [1.54, 1.807) is 6.07 Å². The maximum Gasteiger partial charge on any atom is 0.115 e. The summed E-state index contributed by atoms with van der Waals surface area (Å²) in [7, 11) is 4.26. The number of aromatic hydroxyl groups is 1. The van der Waals surface area contributed by atoms with Gasteiger partial charge in [0, 0.05) is 6.04 Å². The minimum Gasteiger partial charge on any atom is -0.508 e. The van der Waals surface area contributed by atoms with Crippen LogP contribution in [-0.4, -0.2) is 30.1 Å². The van der Waals surface area contributed by atoms with E-state index >= 15 is 0 Å². The lowest BCUT2D eigenvalue weighted by Gasteiger charge is -2.29. The largest absolute Gasteiger partial charge is 0.508 e. The van der Waals surface area contributed by atoms with Gasteiger partial charge in [0.1, 0.15) is 5.75 Å². The first kappa shape index (κ1) is 13.0. The lowest BCUT2D eigenvalue weighted by atomic mass is 9.91. The standard InChI is InChI=1S/C14H23NO/c1-5-14(15(3)4)11(2)9-12-7-6-8-13(16)10-12/h6-8,10-11,14,16H,5,9H2,1-4H3. The fourth-order valence-corrected chi connectivity index (χ4v) is 2.47. The van der Waals surface area contributed by atoms with Gasteiger partial charge in [-0.2, -0.15) is 0 Å². The van der Waals surface area contributed by atoms with Crippen LogP contribution in [0, 0.1) is 5.92 Å². The van der Waals surface area contributed by atoms with E-state index in [-0.39, 0.29) is 0 Å². The van der Waals surface area contributed by atoms with Crippen molar-refractivity contribution < 1.29 is 5.11 Å². The van der Waals surface area contributed by atoms with Gasteiger partial charge >= 0.3 is 0 Å². The van der Waals surface area contributed by atoms with Crippen LogP contribution in [0.15, 0.2) is 24.3 Å². The third kappa shape index (κ3) is 3.53. The van der Waals surface area contributed by atoms with Crippen LogP contribution in [0.5, 0.6) is 5.75 Å². The average Bonchev–Trinajstić information content (AvgIpc) is 2.17. The van der Waals surface area contributed by atoms with Crippen LogP contribution in [-0.2, 0) is 6.42 Å². The monoisotopic (exact) mass is 221 g/mol. The van der Waals surface area contributed by atoms with Crippen molar-refractivity contribution in [3.8, 4) is 5.75 Å². The van der Waals surface area contributed by atoms with Gasteiger partial charge in [-0.05, 0) is 50.6 Å². The van der Waals surface area contributed by atoms with Gasteiger partial charge in [-0.15, -0.1) is 0 Å². The van der Waals surface area contributed by atoms with E-state index in [0.717, 1.165) is 12.8 Å². The summed E-state index contributed by atoms with van der Waals surface area (Å²) < 4.78 is 0. The molecule has 16 heavy (non-hydrogen) atoms. The Hall–Kier alpha value is -1.02. The van der Waals surface area contributed by atoms with Crippen molar-refractivity contribution in [1.82, 2.24) is 4.90 Å². The summed E-state index contributed by atoms with van der Waals surface area (Å²) in [6, 6.07) is 8.17. The highest BCUT2D eigenvalue weighted by atomic mass is 16.3. The molecule has 1 rings (SSSR count). The predicted octanol–water partition coefficient (Wildman–Crippen LogP) is 2.91. The van der Waals surface area contributed by atoms with Gasteiger partial charge in [-0.25, -0.2) is 0 Å². The topological polar surface area (TPSA) is 23.5 Å². The summed E-state index contributed by atoms with van der Waals surface area (Å²) in [6.45, 7) is 4.50. The van der Waals surface area contributed by atoms with Gasteiger partial charge in [-0.3, -0.25) is 0 Å². The number of benzene rings is 1. The molecule has 2 unspecified atom stereocenters. The first-order valence-corrected chi connectivity index (χ1v) is 5.99. The van der Waals surface area contributed by atoms with Gasteiger partial charge in [-0.1, -0.05) is 26.0 Å². The highest BCUT2D eigenvalue weighted by molar-refractivity contribution is 5.27. The van der Waals surface area contributed by atoms with Gasteiger partial charge in [0.25, 0.3) is 0 Å². The third-order valence-electron chi connectivity index (χ3n) is 3.21. The maximum atomic E-state index is 9.42. The maximum absolute atomic E-state index is 9.42. The van der Waals surface area contributed by atoms with E-state index in [1.807, 2.05) is 12.1 Å². The molecular formula is C14H23NO. The molecule has 0 radical (unpaired) electrons. The molecule has 2 heteroatoms. The third-order valence-corrected chi connectivity index (χ3v) is 3.21. The van der Waals surface area contributed by atoms with E-state index in [4.69, 9.17) is 0 Å². The second-order valence-corrected chi connectivity index (χ2v) is 4.79. The number of hydrogen-bond donors (Lipinski definition) is 1. The molecule has 2 nitrogen and oxygen atoms in total. The van der Waals surface area contributed by atoms with Crippen LogP contribution in [0.2, 0.25) is 0 Å². The molecule has 2 atom stereocenters. The van der Waals surface area contributed by atoms with E-state index < -0.39 is 0 Å². The minimum absolute atomic E-state index is 0.364. The predicted molar refractivity (Wildman–Crippen MR) is 68.7 cm³/mol. The lowest BCUT2D eigenvalue weighted by Crippen LogP contribution is -2.34. The van der Waals surface area contributed by atoms with Crippen molar-refractivity contribution in [2.24, 2.45) is 5.92 Å². The second-order valence-electron chi connectivity index (χ2n) is 4.79. The van der Waals surface area contributed by atoms with Crippen LogP contribution >= 0.6 is 0 Å². The quantitative estimate of drug-likeness (QED) is 0.826. The first-order chi connectivity index (χ1) is 7.54. The van der Waals surface area contributed by atoms with Crippen molar-refractivity contribution in [1.29, 1.82) is 0 Å². The molecule has 0 fully saturated rings. The number of phenolic OH excluding ortho intramolecular Hbond substituents is 1. The zero-order chi connectivity index (χ0) is 12.1. The Morgan fingerprint density at radius 2 is 2.00 bits per heavy atom. The van der Waals surface area contributed by atoms with Gasteiger partial charge in [0.05, 0.1) is 0 Å². The van der Waals surface area contributed by atoms with Crippen molar-refractivity contribution >= 4 is 0 Å². The number of hydrogen-bond acceptors (Lipinski definition) is 2. The molecule has 90 valence electrons. The smallest absolute Gasteiger partial charge is 0.115 e. The zero-order valence-electron chi connectivity index (χ0n) is 10.8. The summed E-state index contributed by atoms with van der Waals surface area (Å²) in [5.74, 6) is 0.962. The highest BCUT2D eigenvalue weighted by Gasteiger charge is 2.17. The van der Waals surface area contributed by atoms with E-state index in [0.29, 0.717) is 17.7 Å². The van der Waals surface area contributed by atoms with Crippen LogP contribution in [0.1, 0.15) is 25.8 Å². The summed E-state index contributed by atoms with van der Waals surface area (Å²) >= 11 is 0. The lowest BCUT2D eigenvalue weighted by molar-refractivity contribution is 0.213. The Balaban J connectivity index is 2.66. The molecule has 1 aromatic rings. The van der Waals surface area contributed by atoms with Gasteiger partial charge in [0.2, 0.25) is 0 Å². The number of nitrogens with zero attached hydrogens (tertiary/aromatic N) is 1. The highest BCUT2D eigenvalue weighted by Crippen LogP contribution is 2.20. The molecule has 1 N–H and O–H groups in total. The van der Waals surface area contributed by atoms with Crippen molar-refractivity contribution in [3.63, 3.8) is 0 Å². The van der Waals surface area contributed by atoms with Crippen LogP contribution < -0.4 is 0 Å². The molecule has 0 heterocycles. The molecule has 0 amide bonds. The average molecular weight is 221 g/mol. The summed E-state index contributed by atoms with van der Waals surface area (Å²) in [4.78, 5) is 2.29. The van der Waals surface area contributed by atoms with Crippen LogP contribution in [0.25, 0.3) is 0 Å². The summed E-state index contributed by atoms with van der Waals surface area (Å²) in [5, 5.41) is 9.42. The fourth-order valence-electron chi connectivity index (χ4n) is 2.47. The molecule has 0 saturated carbocycles. The van der Waals surface area contributed by atoms with Gasteiger partial charge < -0.3 is 10.0 Å². The minimum atomic E-state index is 0.364. The van der Waals surface area contributed by atoms with Crippen LogP contribution in [0.3, 0.4) is 0 Å². The van der Waals surface area contributed by atoms with Crippen molar-refractivity contribution in [2.45, 2.75) is 32.7 Å². The fraction of sp³-hybridized carbons (Fsp3) is 0.571. The first-order valence-electron chi connectivity index (χ1n) is 5.99. The normalized spacial score (nSPS) is 15.1. The zero-order valence-corrected chi connectivity index (χ0v) is 10.8. The summed E-state index contributed by atoms with van der Waals surface area (Å²) in [5.41, 5.74) is 1.22. The Labute approximate surface area is 98.9 Å². The number of phenols is 1.